The number of anilines is 2. The molecular formula is C21H17F3N6O. The summed E-state index contributed by atoms with van der Waals surface area (Å²) in [6, 6.07) is 15.8. The second-order valence-electron chi connectivity index (χ2n) is 6.21. The standard InChI is InChI=1S/C14H11N5O.C7H6F3N/c20-14(18-12-6-7-17-19-12)11-8-15-13(16-9-11)10-4-2-1-3-5-10;8-7(9,10)5-2-1-3-6(11)4-5/h1-9H,(H2,17,18,19,20);1-4H,11H2. The Morgan fingerprint density at radius 1 is 0.968 bits per heavy atom. The second-order valence-corrected chi connectivity index (χ2v) is 6.21. The van der Waals surface area contributed by atoms with Crippen molar-refractivity contribution in [1.82, 2.24) is 20.2 Å². The van der Waals surface area contributed by atoms with Gasteiger partial charge in [-0.25, -0.2) is 9.97 Å². The molecule has 0 aliphatic heterocycles. The highest BCUT2D eigenvalue weighted by molar-refractivity contribution is 6.03. The summed E-state index contributed by atoms with van der Waals surface area (Å²) in [4.78, 5) is 20.3. The van der Waals surface area contributed by atoms with E-state index in [1.807, 2.05) is 30.3 Å². The number of halogens is 3. The number of nitrogen functional groups attached to an aromatic ring is 1. The maximum Gasteiger partial charge on any atom is 0.416 e. The number of nitrogens with zero attached hydrogens (tertiary/aromatic N) is 3. The van der Waals surface area contributed by atoms with Crippen molar-refractivity contribution in [2.75, 3.05) is 11.1 Å². The second kappa shape index (κ2) is 9.53. The molecule has 0 bridgehead atoms. The zero-order valence-electron chi connectivity index (χ0n) is 16.0. The number of carbonyl (C=O) groups is 1. The largest absolute Gasteiger partial charge is 0.416 e. The monoisotopic (exact) mass is 426 g/mol. The first-order valence-electron chi connectivity index (χ1n) is 8.94. The summed E-state index contributed by atoms with van der Waals surface area (Å²) in [5, 5.41) is 9.06. The summed E-state index contributed by atoms with van der Waals surface area (Å²) in [5.41, 5.74) is 5.87. The number of amides is 1. The van der Waals surface area contributed by atoms with E-state index in [4.69, 9.17) is 5.73 Å². The van der Waals surface area contributed by atoms with Gasteiger partial charge in [0.25, 0.3) is 5.91 Å². The first-order valence-corrected chi connectivity index (χ1v) is 8.94. The van der Waals surface area contributed by atoms with Gasteiger partial charge in [-0.05, 0) is 18.2 Å². The van der Waals surface area contributed by atoms with Gasteiger partial charge in [0.05, 0.1) is 17.3 Å². The summed E-state index contributed by atoms with van der Waals surface area (Å²) in [5.74, 6) is 0.833. The molecule has 0 spiro atoms. The van der Waals surface area contributed by atoms with Gasteiger partial charge in [-0.15, -0.1) is 0 Å². The quantitative estimate of drug-likeness (QED) is 0.421. The molecule has 2 heterocycles. The highest BCUT2D eigenvalue weighted by Gasteiger charge is 2.30. The average Bonchev–Trinajstić information content (AvgIpc) is 3.27. The van der Waals surface area contributed by atoms with E-state index in [0.29, 0.717) is 17.2 Å². The Bertz CT molecular complexity index is 1110. The highest BCUT2D eigenvalue weighted by Crippen LogP contribution is 2.29. The molecule has 0 fully saturated rings. The molecule has 4 rings (SSSR count). The van der Waals surface area contributed by atoms with E-state index in [1.54, 1.807) is 12.3 Å². The number of nitrogens with two attached hydrogens (primary N) is 1. The number of aromatic nitrogens is 4. The van der Waals surface area contributed by atoms with Crippen LogP contribution in [0, 0.1) is 0 Å². The summed E-state index contributed by atoms with van der Waals surface area (Å²) in [6.07, 6.45) is 0.266. The Morgan fingerprint density at radius 2 is 1.68 bits per heavy atom. The van der Waals surface area contributed by atoms with Crippen LogP contribution >= 0.6 is 0 Å². The van der Waals surface area contributed by atoms with Gasteiger partial charge in [0.2, 0.25) is 0 Å². The molecule has 4 N–H and O–H groups in total. The van der Waals surface area contributed by atoms with Crippen LogP contribution in [0.4, 0.5) is 24.7 Å². The lowest BCUT2D eigenvalue weighted by Gasteiger charge is -2.05. The molecular weight excluding hydrogens is 409 g/mol. The highest BCUT2D eigenvalue weighted by atomic mass is 19.4. The van der Waals surface area contributed by atoms with Crippen molar-refractivity contribution < 1.29 is 18.0 Å². The Morgan fingerprint density at radius 3 is 2.23 bits per heavy atom. The molecule has 0 aliphatic carbocycles. The van der Waals surface area contributed by atoms with Crippen LogP contribution in [-0.4, -0.2) is 26.1 Å². The lowest BCUT2D eigenvalue weighted by molar-refractivity contribution is -0.137. The van der Waals surface area contributed by atoms with E-state index in [9.17, 15) is 18.0 Å². The molecule has 31 heavy (non-hydrogen) atoms. The van der Waals surface area contributed by atoms with E-state index >= 15 is 0 Å². The number of benzene rings is 2. The fourth-order valence-electron chi connectivity index (χ4n) is 2.42. The number of hydrogen-bond donors (Lipinski definition) is 3. The summed E-state index contributed by atoms with van der Waals surface area (Å²) in [6.45, 7) is 0. The average molecular weight is 426 g/mol. The van der Waals surface area contributed by atoms with Crippen LogP contribution in [0.2, 0.25) is 0 Å². The number of alkyl halides is 3. The lowest BCUT2D eigenvalue weighted by Crippen LogP contribution is -2.13. The first-order chi connectivity index (χ1) is 14.8. The maximum absolute atomic E-state index is 11.9. The van der Waals surface area contributed by atoms with Gasteiger partial charge < -0.3 is 11.1 Å². The van der Waals surface area contributed by atoms with Crippen molar-refractivity contribution in [3.05, 3.63) is 90.4 Å². The topological polar surface area (TPSA) is 110 Å². The van der Waals surface area contributed by atoms with Gasteiger partial charge in [0.15, 0.2) is 5.82 Å². The fraction of sp³-hybridized carbons (Fsp3) is 0.0476. The number of nitrogens with one attached hydrogen (secondary N) is 2. The molecule has 0 unspecified atom stereocenters. The number of carbonyl (C=O) groups excluding carboxylic acids is 1. The number of rotatable bonds is 3. The zero-order valence-corrected chi connectivity index (χ0v) is 16.0. The molecule has 0 aliphatic rings. The Kier molecular flexibility index (Phi) is 6.61. The molecule has 1 amide bonds. The molecule has 10 heteroatoms. The van der Waals surface area contributed by atoms with Crippen LogP contribution in [0.15, 0.2) is 79.3 Å². The molecule has 0 saturated heterocycles. The molecule has 2 aromatic carbocycles. The zero-order chi connectivity index (χ0) is 22.3. The molecule has 7 nitrogen and oxygen atoms in total. The summed E-state index contributed by atoms with van der Waals surface area (Å²) < 4.78 is 35.7. The van der Waals surface area contributed by atoms with Crippen LogP contribution in [0.25, 0.3) is 11.4 Å². The van der Waals surface area contributed by atoms with Crippen LogP contribution in [0.1, 0.15) is 15.9 Å². The first kappa shape index (κ1) is 21.5. The molecule has 2 aromatic heterocycles. The van der Waals surface area contributed by atoms with Crippen LogP contribution in [0.5, 0.6) is 0 Å². The minimum atomic E-state index is -4.30. The summed E-state index contributed by atoms with van der Waals surface area (Å²) in [7, 11) is 0. The maximum atomic E-state index is 11.9. The van der Waals surface area contributed by atoms with E-state index in [-0.39, 0.29) is 11.6 Å². The Balaban J connectivity index is 0.000000210. The Hall–Kier alpha value is -4.21. The predicted octanol–water partition coefficient (Wildman–Crippen LogP) is 4.41. The van der Waals surface area contributed by atoms with E-state index < -0.39 is 11.7 Å². The number of H-pyrrole nitrogens is 1. The smallest absolute Gasteiger partial charge is 0.399 e. The third-order valence-corrected chi connectivity index (χ3v) is 3.91. The van der Waals surface area contributed by atoms with Crippen LogP contribution in [-0.2, 0) is 6.18 Å². The van der Waals surface area contributed by atoms with Gasteiger partial charge in [-0.1, -0.05) is 36.4 Å². The van der Waals surface area contributed by atoms with E-state index in [1.165, 1.54) is 24.5 Å². The van der Waals surface area contributed by atoms with Crippen molar-refractivity contribution in [1.29, 1.82) is 0 Å². The van der Waals surface area contributed by atoms with E-state index in [2.05, 4.69) is 25.5 Å². The van der Waals surface area contributed by atoms with Crippen LogP contribution < -0.4 is 11.1 Å². The van der Waals surface area contributed by atoms with Gasteiger partial charge in [-0.3, -0.25) is 9.89 Å². The Labute approximate surface area is 175 Å². The molecule has 158 valence electrons. The molecule has 0 radical (unpaired) electrons. The third-order valence-electron chi connectivity index (χ3n) is 3.91. The number of hydrogen-bond acceptors (Lipinski definition) is 5. The SMILES string of the molecule is Nc1cccc(C(F)(F)F)c1.O=C(Nc1ccn[nH]1)c1cnc(-c2ccccc2)nc1. The third kappa shape index (κ3) is 6.13. The summed E-state index contributed by atoms with van der Waals surface area (Å²) >= 11 is 0. The molecule has 0 atom stereocenters. The van der Waals surface area contributed by atoms with Crippen molar-refractivity contribution in [3.8, 4) is 11.4 Å². The minimum Gasteiger partial charge on any atom is -0.399 e. The molecule has 4 aromatic rings. The fourth-order valence-corrected chi connectivity index (χ4v) is 2.42. The van der Waals surface area contributed by atoms with Crippen molar-refractivity contribution in [2.24, 2.45) is 0 Å². The van der Waals surface area contributed by atoms with Gasteiger partial charge in [0.1, 0.15) is 5.82 Å². The van der Waals surface area contributed by atoms with Gasteiger partial charge in [-0.2, -0.15) is 18.3 Å². The van der Waals surface area contributed by atoms with Crippen molar-refractivity contribution in [2.45, 2.75) is 6.18 Å². The lowest BCUT2D eigenvalue weighted by atomic mass is 10.2. The number of aromatic amines is 1. The van der Waals surface area contributed by atoms with Gasteiger partial charge in [0, 0.05) is 29.7 Å². The molecule has 0 saturated carbocycles. The van der Waals surface area contributed by atoms with E-state index in [0.717, 1.165) is 17.7 Å². The normalized spacial score (nSPS) is 10.7. The minimum absolute atomic E-state index is 0.125. The van der Waals surface area contributed by atoms with Gasteiger partial charge >= 0.3 is 6.18 Å². The predicted molar refractivity (Wildman–Crippen MR) is 110 cm³/mol. The van der Waals surface area contributed by atoms with Crippen molar-refractivity contribution in [3.63, 3.8) is 0 Å². The van der Waals surface area contributed by atoms with Crippen LogP contribution in [0.3, 0.4) is 0 Å². The van der Waals surface area contributed by atoms with Crippen molar-refractivity contribution >= 4 is 17.4 Å².